The molecule has 0 aliphatic carbocycles. The van der Waals surface area contributed by atoms with Crippen molar-refractivity contribution >= 4 is 11.6 Å². The second-order valence-electron chi connectivity index (χ2n) is 4.39. The first kappa shape index (κ1) is 14.8. The van der Waals surface area contributed by atoms with Crippen molar-refractivity contribution in [1.29, 1.82) is 0 Å². The van der Waals surface area contributed by atoms with Gasteiger partial charge in [-0.15, -0.1) is 0 Å². The fourth-order valence-corrected chi connectivity index (χ4v) is 2.24. The van der Waals surface area contributed by atoms with Gasteiger partial charge in [0, 0.05) is 11.1 Å². The van der Waals surface area contributed by atoms with Gasteiger partial charge in [-0.1, -0.05) is 36.7 Å². The number of nitrogens with one attached hydrogen (secondary N) is 1. The number of nitrogens with zero attached hydrogens (tertiary/aromatic N) is 2. The Kier molecular flexibility index (Phi) is 5.32. The molecule has 1 N–H and O–H groups in total. The third kappa shape index (κ3) is 3.46. The standard InChI is InChI=1S/C15H18ClN3O/c1-3-8-17-15(11-6-4-5-7-12(11)16)13-9-14(20-2)19-10-18-13/h4-7,9-10,15,17H,3,8H2,1-2H3. The molecule has 106 valence electrons. The van der Waals surface area contributed by atoms with Crippen molar-refractivity contribution in [2.24, 2.45) is 0 Å². The van der Waals surface area contributed by atoms with Gasteiger partial charge in [-0.2, -0.15) is 0 Å². The van der Waals surface area contributed by atoms with Crippen molar-refractivity contribution < 1.29 is 4.74 Å². The summed E-state index contributed by atoms with van der Waals surface area (Å²) in [5, 5.41) is 4.18. The highest BCUT2D eigenvalue weighted by atomic mass is 35.5. The van der Waals surface area contributed by atoms with E-state index in [1.807, 2.05) is 30.3 Å². The first-order valence-corrected chi connectivity index (χ1v) is 6.97. The summed E-state index contributed by atoms with van der Waals surface area (Å²) in [4.78, 5) is 8.39. The number of ether oxygens (including phenoxy) is 1. The van der Waals surface area contributed by atoms with E-state index in [4.69, 9.17) is 16.3 Å². The van der Waals surface area contributed by atoms with E-state index in [0.717, 1.165) is 29.2 Å². The highest BCUT2D eigenvalue weighted by Crippen LogP contribution is 2.28. The van der Waals surface area contributed by atoms with E-state index in [9.17, 15) is 0 Å². The van der Waals surface area contributed by atoms with Gasteiger partial charge in [-0.25, -0.2) is 9.97 Å². The molecule has 0 radical (unpaired) electrons. The Morgan fingerprint density at radius 3 is 2.80 bits per heavy atom. The summed E-state index contributed by atoms with van der Waals surface area (Å²) >= 11 is 6.31. The quantitative estimate of drug-likeness (QED) is 0.888. The summed E-state index contributed by atoms with van der Waals surface area (Å²) in [5.74, 6) is 0.547. The van der Waals surface area contributed by atoms with Crippen LogP contribution in [0, 0.1) is 0 Å². The number of benzene rings is 1. The van der Waals surface area contributed by atoms with Crippen LogP contribution in [-0.2, 0) is 0 Å². The van der Waals surface area contributed by atoms with Crippen molar-refractivity contribution in [2.45, 2.75) is 19.4 Å². The van der Waals surface area contributed by atoms with Crippen LogP contribution >= 0.6 is 11.6 Å². The minimum absolute atomic E-state index is 0.0689. The normalized spacial score (nSPS) is 12.2. The van der Waals surface area contributed by atoms with Crippen LogP contribution in [0.15, 0.2) is 36.7 Å². The van der Waals surface area contributed by atoms with E-state index in [-0.39, 0.29) is 6.04 Å². The van der Waals surface area contributed by atoms with Gasteiger partial charge in [0.25, 0.3) is 0 Å². The lowest BCUT2D eigenvalue weighted by Crippen LogP contribution is -2.24. The molecule has 0 amide bonds. The monoisotopic (exact) mass is 291 g/mol. The molecule has 20 heavy (non-hydrogen) atoms. The Bertz CT molecular complexity index is 562. The predicted molar refractivity (Wildman–Crippen MR) is 80.2 cm³/mol. The molecule has 2 aromatic rings. The second-order valence-corrected chi connectivity index (χ2v) is 4.80. The van der Waals surface area contributed by atoms with Crippen LogP contribution in [0.5, 0.6) is 5.88 Å². The average molecular weight is 292 g/mol. The van der Waals surface area contributed by atoms with Crippen molar-refractivity contribution in [3.8, 4) is 5.88 Å². The zero-order chi connectivity index (χ0) is 14.4. The van der Waals surface area contributed by atoms with Crippen LogP contribution < -0.4 is 10.1 Å². The van der Waals surface area contributed by atoms with Crippen LogP contribution in [0.3, 0.4) is 0 Å². The maximum atomic E-state index is 6.31. The van der Waals surface area contributed by atoms with Gasteiger partial charge in [0.1, 0.15) is 6.33 Å². The third-order valence-electron chi connectivity index (χ3n) is 2.98. The zero-order valence-electron chi connectivity index (χ0n) is 11.6. The fourth-order valence-electron chi connectivity index (χ4n) is 1.99. The summed E-state index contributed by atoms with van der Waals surface area (Å²) in [7, 11) is 1.59. The summed E-state index contributed by atoms with van der Waals surface area (Å²) < 4.78 is 5.16. The smallest absolute Gasteiger partial charge is 0.216 e. The molecule has 1 atom stereocenters. The number of methoxy groups -OCH3 is 1. The number of rotatable bonds is 6. The molecule has 1 aromatic carbocycles. The van der Waals surface area contributed by atoms with Gasteiger partial charge in [0.2, 0.25) is 5.88 Å². The molecule has 1 heterocycles. The molecule has 5 heteroatoms. The molecule has 1 unspecified atom stereocenters. The minimum atomic E-state index is -0.0689. The Balaban J connectivity index is 2.38. The SMILES string of the molecule is CCCNC(c1cc(OC)ncn1)c1ccccc1Cl. The van der Waals surface area contributed by atoms with E-state index in [0.29, 0.717) is 5.88 Å². The van der Waals surface area contributed by atoms with Crippen molar-refractivity contribution in [1.82, 2.24) is 15.3 Å². The lowest BCUT2D eigenvalue weighted by molar-refractivity contribution is 0.394. The van der Waals surface area contributed by atoms with Crippen LogP contribution in [0.2, 0.25) is 5.02 Å². The van der Waals surface area contributed by atoms with Gasteiger partial charge in [-0.05, 0) is 24.6 Å². The molecule has 4 nitrogen and oxygen atoms in total. The van der Waals surface area contributed by atoms with Gasteiger partial charge in [0.15, 0.2) is 0 Å². The van der Waals surface area contributed by atoms with Crippen molar-refractivity contribution in [3.05, 3.63) is 52.9 Å². The van der Waals surface area contributed by atoms with Gasteiger partial charge < -0.3 is 10.1 Å². The minimum Gasteiger partial charge on any atom is -0.481 e. The second kappa shape index (κ2) is 7.22. The van der Waals surface area contributed by atoms with E-state index in [2.05, 4.69) is 22.2 Å². The number of halogens is 1. The van der Waals surface area contributed by atoms with E-state index < -0.39 is 0 Å². The molecule has 1 aromatic heterocycles. The third-order valence-corrected chi connectivity index (χ3v) is 3.33. The molecule has 0 saturated carbocycles. The highest BCUT2D eigenvalue weighted by molar-refractivity contribution is 6.31. The lowest BCUT2D eigenvalue weighted by atomic mass is 10.0. The van der Waals surface area contributed by atoms with E-state index in [1.165, 1.54) is 6.33 Å². The zero-order valence-corrected chi connectivity index (χ0v) is 12.4. The predicted octanol–water partition coefficient (Wildman–Crippen LogP) is 3.23. The largest absolute Gasteiger partial charge is 0.481 e. The molecule has 2 rings (SSSR count). The molecule has 0 bridgehead atoms. The first-order valence-electron chi connectivity index (χ1n) is 6.60. The molecular formula is C15H18ClN3O. The molecule has 0 aliphatic rings. The molecule has 0 aliphatic heterocycles. The first-order chi connectivity index (χ1) is 9.76. The summed E-state index contributed by atoms with van der Waals surface area (Å²) in [6.45, 7) is 3.00. The Hall–Kier alpha value is -1.65. The Labute approximate surface area is 124 Å². The molecule has 0 fully saturated rings. The average Bonchev–Trinajstić information content (AvgIpc) is 2.49. The number of hydrogen-bond acceptors (Lipinski definition) is 4. The lowest BCUT2D eigenvalue weighted by Gasteiger charge is -2.19. The van der Waals surface area contributed by atoms with Gasteiger partial charge in [0.05, 0.1) is 18.8 Å². The number of hydrogen-bond donors (Lipinski definition) is 1. The van der Waals surface area contributed by atoms with Crippen LogP contribution in [0.4, 0.5) is 0 Å². The molecule has 0 saturated heterocycles. The van der Waals surface area contributed by atoms with Crippen LogP contribution in [-0.4, -0.2) is 23.6 Å². The highest BCUT2D eigenvalue weighted by Gasteiger charge is 2.18. The van der Waals surface area contributed by atoms with Crippen LogP contribution in [0.25, 0.3) is 0 Å². The Morgan fingerprint density at radius 1 is 1.30 bits per heavy atom. The maximum absolute atomic E-state index is 6.31. The molecule has 0 spiro atoms. The summed E-state index contributed by atoms with van der Waals surface area (Å²) in [5.41, 5.74) is 1.85. The van der Waals surface area contributed by atoms with Gasteiger partial charge >= 0.3 is 0 Å². The van der Waals surface area contributed by atoms with Gasteiger partial charge in [-0.3, -0.25) is 0 Å². The summed E-state index contributed by atoms with van der Waals surface area (Å²) in [6, 6.07) is 9.54. The van der Waals surface area contributed by atoms with Crippen LogP contribution in [0.1, 0.15) is 30.6 Å². The van der Waals surface area contributed by atoms with E-state index in [1.54, 1.807) is 7.11 Å². The van der Waals surface area contributed by atoms with Crippen molar-refractivity contribution in [2.75, 3.05) is 13.7 Å². The van der Waals surface area contributed by atoms with E-state index >= 15 is 0 Å². The maximum Gasteiger partial charge on any atom is 0.216 e. The topological polar surface area (TPSA) is 47.0 Å². The Morgan fingerprint density at radius 2 is 2.10 bits per heavy atom. The molecular weight excluding hydrogens is 274 g/mol. The van der Waals surface area contributed by atoms with Crippen molar-refractivity contribution in [3.63, 3.8) is 0 Å². The fraction of sp³-hybridized carbons (Fsp3) is 0.333. The summed E-state index contributed by atoms with van der Waals surface area (Å²) in [6.07, 6.45) is 2.54. The number of aromatic nitrogens is 2.